The highest BCUT2D eigenvalue weighted by atomic mass is 79.9. The Morgan fingerprint density at radius 2 is 1.91 bits per heavy atom. The molecule has 2 aliphatic rings. The molecule has 0 atom stereocenters. The van der Waals surface area contributed by atoms with Crippen molar-refractivity contribution in [1.82, 2.24) is 9.47 Å². The number of hydrogen-bond acceptors (Lipinski definition) is 4. The molecule has 4 nitrogen and oxygen atoms in total. The molecule has 1 aliphatic heterocycles. The number of halogens is 1. The fourth-order valence-electron chi connectivity index (χ4n) is 4.94. The SMILES string of the molecule is Cc1ccc(OCCn2cc(/C=C3\SC(=S)N(CCC4CCCC4)C3=O)c3cc(Br)ccc32)cc1. The molecule has 1 aromatic heterocycles. The molecule has 182 valence electrons. The lowest BCUT2D eigenvalue weighted by Gasteiger charge is -2.17. The van der Waals surface area contributed by atoms with Gasteiger partial charge in [0, 0.05) is 33.7 Å². The van der Waals surface area contributed by atoms with Crippen molar-refractivity contribution in [2.75, 3.05) is 13.2 Å². The van der Waals surface area contributed by atoms with Crippen LogP contribution in [0.4, 0.5) is 0 Å². The highest BCUT2D eigenvalue weighted by Gasteiger charge is 2.32. The fraction of sp³-hybridized carbons (Fsp3) is 0.357. The van der Waals surface area contributed by atoms with E-state index in [0.717, 1.165) is 45.6 Å². The number of benzene rings is 2. The molecule has 0 radical (unpaired) electrons. The molecule has 2 fully saturated rings. The Labute approximate surface area is 224 Å². The summed E-state index contributed by atoms with van der Waals surface area (Å²) in [6.45, 7) is 4.07. The Kier molecular flexibility index (Phi) is 7.65. The summed E-state index contributed by atoms with van der Waals surface area (Å²) < 4.78 is 9.85. The van der Waals surface area contributed by atoms with Crippen LogP contribution in [0.15, 0.2) is 58.0 Å². The average molecular weight is 570 g/mol. The van der Waals surface area contributed by atoms with Crippen molar-refractivity contribution >= 4 is 67.1 Å². The van der Waals surface area contributed by atoms with Crippen LogP contribution in [0.25, 0.3) is 17.0 Å². The number of aromatic nitrogens is 1. The zero-order chi connectivity index (χ0) is 24.4. The van der Waals surface area contributed by atoms with Gasteiger partial charge in [-0.25, -0.2) is 0 Å². The van der Waals surface area contributed by atoms with Crippen LogP contribution in [0.2, 0.25) is 0 Å². The van der Waals surface area contributed by atoms with Gasteiger partial charge in [-0.1, -0.05) is 83.3 Å². The summed E-state index contributed by atoms with van der Waals surface area (Å²) >= 11 is 10.6. The Bertz CT molecular complexity index is 1280. The Morgan fingerprint density at radius 1 is 1.14 bits per heavy atom. The quantitative estimate of drug-likeness (QED) is 0.207. The molecule has 1 amide bonds. The van der Waals surface area contributed by atoms with E-state index in [2.05, 4.69) is 57.9 Å². The summed E-state index contributed by atoms with van der Waals surface area (Å²) in [4.78, 5) is 15.7. The first-order chi connectivity index (χ1) is 17.0. The third kappa shape index (κ3) is 5.68. The summed E-state index contributed by atoms with van der Waals surface area (Å²) in [6, 6.07) is 14.4. The number of aryl methyl sites for hydroxylation is 1. The molecule has 1 saturated carbocycles. The minimum absolute atomic E-state index is 0.0385. The number of fused-ring (bicyclic) bond motifs is 1. The summed E-state index contributed by atoms with van der Waals surface area (Å²) in [6.07, 6.45) is 10.4. The molecule has 35 heavy (non-hydrogen) atoms. The summed E-state index contributed by atoms with van der Waals surface area (Å²) in [5, 5.41) is 1.10. The van der Waals surface area contributed by atoms with E-state index in [0.29, 0.717) is 22.4 Å². The number of amides is 1. The molecule has 1 aliphatic carbocycles. The molecule has 0 N–H and O–H groups in total. The number of thioether (sulfide) groups is 1. The largest absolute Gasteiger partial charge is 0.492 e. The zero-order valence-electron chi connectivity index (χ0n) is 19.8. The Morgan fingerprint density at radius 3 is 2.69 bits per heavy atom. The molecule has 0 unspecified atom stereocenters. The fourth-order valence-corrected chi connectivity index (χ4v) is 6.60. The number of nitrogens with zero attached hydrogens (tertiary/aromatic N) is 2. The Balaban J connectivity index is 1.33. The van der Waals surface area contributed by atoms with Gasteiger partial charge in [0.05, 0.1) is 11.4 Å². The van der Waals surface area contributed by atoms with Gasteiger partial charge in [-0.2, -0.15) is 0 Å². The maximum Gasteiger partial charge on any atom is 0.266 e. The molecule has 0 spiro atoms. The van der Waals surface area contributed by atoms with Crippen molar-refractivity contribution in [3.63, 3.8) is 0 Å². The lowest BCUT2D eigenvalue weighted by molar-refractivity contribution is -0.122. The first kappa shape index (κ1) is 24.6. The molecule has 0 bridgehead atoms. The lowest BCUT2D eigenvalue weighted by atomic mass is 10.0. The van der Waals surface area contributed by atoms with Gasteiger partial charge in [0.1, 0.15) is 16.7 Å². The van der Waals surface area contributed by atoms with Crippen LogP contribution in [-0.4, -0.2) is 32.8 Å². The van der Waals surface area contributed by atoms with Gasteiger partial charge in [-0.05, 0) is 55.7 Å². The molecule has 3 aromatic rings. The highest BCUT2D eigenvalue weighted by Crippen LogP contribution is 2.36. The molecular weight excluding hydrogens is 540 g/mol. The van der Waals surface area contributed by atoms with E-state index in [9.17, 15) is 4.79 Å². The number of ether oxygens (including phenoxy) is 1. The van der Waals surface area contributed by atoms with Crippen molar-refractivity contribution in [3.05, 3.63) is 69.2 Å². The standard InChI is InChI=1S/C28H29BrN2O2S2/c1-19-6-9-23(10-7-19)33-15-14-30-18-21(24-17-22(29)8-11-25(24)30)16-26-27(32)31(28(34)35-26)13-12-20-4-2-3-5-20/h6-11,16-18,20H,2-5,12-15H2,1H3/b26-16-. The van der Waals surface area contributed by atoms with E-state index in [4.69, 9.17) is 17.0 Å². The lowest BCUT2D eigenvalue weighted by Crippen LogP contribution is -2.30. The molecule has 1 saturated heterocycles. The zero-order valence-corrected chi connectivity index (χ0v) is 23.1. The third-order valence-electron chi connectivity index (χ3n) is 6.89. The van der Waals surface area contributed by atoms with Crippen LogP contribution in [0.3, 0.4) is 0 Å². The third-order valence-corrected chi connectivity index (χ3v) is 8.76. The van der Waals surface area contributed by atoms with E-state index in [1.54, 1.807) is 4.90 Å². The Hall–Kier alpha value is -2.09. The van der Waals surface area contributed by atoms with E-state index in [1.807, 2.05) is 24.3 Å². The smallest absolute Gasteiger partial charge is 0.266 e. The van der Waals surface area contributed by atoms with E-state index in [-0.39, 0.29) is 5.91 Å². The van der Waals surface area contributed by atoms with Gasteiger partial charge in [0.2, 0.25) is 0 Å². The van der Waals surface area contributed by atoms with Gasteiger partial charge in [-0.3, -0.25) is 9.69 Å². The topological polar surface area (TPSA) is 34.5 Å². The van der Waals surface area contributed by atoms with E-state index in [1.165, 1.54) is 43.0 Å². The van der Waals surface area contributed by atoms with Crippen LogP contribution in [0.5, 0.6) is 5.75 Å². The molecule has 2 aromatic carbocycles. The summed E-state index contributed by atoms with van der Waals surface area (Å²) in [5.74, 6) is 1.65. The van der Waals surface area contributed by atoms with Crippen molar-refractivity contribution in [2.24, 2.45) is 5.92 Å². The van der Waals surface area contributed by atoms with Crippen LogP contribution in [0.1, 0.15) is 43.2 Å². The van der Waals surface area contributed by atoms with E-state index >= 15 is 0 Å². The summed E-state index contributed by atoms with van der Waals surface area (Å²) in [5.41, 5.74) is 3.35. The molecule has 7 heteroatoms. The number of carbonyl (C=O) groups excluding carboxylic acids is 1. The minimum Gasteiger partial charge on any atom is -0.492 e. The average Bonchev–Trinajstić information content (AvgIpc) is 3.54. The van der Waals surface area contributed by atoms with Gasteiger partial charge in [0.15, 0.2) is 0 Å². The number of thiocarbonyl (C=S) groups is 1. The van der Waals surface area contributed by atoms with Gasteiger partial charge >= 0.3 is 0 Å². The maximum atomic E-state index is 13.2. The second-order valence-corrected chi connectivity index (χ2v) is 12.0. The first-order valence-corrected chi connectivity index (χ1v) is 14.2. The maximum absolute atomic E-state index is 13.2. The number of carbonyl (C=O) groups is 1. The van der Waals surface area contributed by atoms with Crippen LogP contribution < -0.4 is 4.74 Å². The van der Waals surface area contributed by atoms with Gasteiger partial charge < -0.3 is 9.30 Å². The normalized spacial score (nSPS) is 17.9. The predicted molar refractivity (Wildman–Crippen MR) is 153 cm³/mol. The first-order valence-electron chi connectivity index (χ1n) is 12.2. The van der Waals surface area contributed by atoms with Crippen molar-refractivity contribution in [2.45, 2.75) is 45.6 Å². The number of rotatable bonds is 8. The summed E-state index contributed by atoms with van der Waals surface area (Å²) in [7, 11) is 0. The van der Waals surface area contributed by atoms with Crippen molar-refractivity contribution in [1.29, 1.82) is 0 Å². The van der Waals surface area contributed by atoms with Crippen molar-refractivity contribution < 1.29 is 9.53 Å². The second-order valence-electron chi connectivity index (χ2n) is 9.37. The molecule has 5 rings (SSSR count). The molecular formula is C28H29BrN2O2S2. The van der Waals surface area contributed by atoms with Gasteiger partial charge in [-0.15, -0.1) is 0 Å². The minimum atomic E-state index is 0.0385. The van der Waals surface area contributed by atoms with Gasteiger partial charge in [0.25, 0.3) is 5.91 Å². The van der Waals surface area contributed by atoms with Crippen molar-refractivity contribution in [3.8, 4) is 5.75 Å². The van der Waals surface area contributed by atoms with Crippen LogP contribution in [0, 0.1) is 12.8 Å². The highest BCUT2D eigenvalue weighted by molar-refractivity contribution is 9.10. The monoisotopic (exact) mass is 568 g/mol. The predicted octanol–water partition coefficient (Wildman–Crippen LogP) is 7.57. The van der Waals surface area contributed by atoms with Crippen LogP contribution >= 0.6 is 39.9 Å². The van der Waals surface area contributed by atoms with E-state index < -0.39 is 0 Å². The second kappa shape index (κ2) is 10.9. The number of hydrogen-bond donors (Lipinski definition) is 0. The molecule has 2 heterocycles. The van der Waals surface area contributed by atoms with Crippen LogP contribution in [-0.2, 0) is 11.3 Å².